The summed E-state index contributed by atoms with van der Waals surface area (Å²) in [6, 6.07) is 0. The van der Waals surface area contributed by atoms with Crippen LogP contribution < -0.4 is 0 Å². The average molecular weight is 1220 g/mol. The van der Waals surface area contributed by atoms with Gasteiger partial charge in [0.2, 0.25) is 0 Å². The summed E-state index contributed by atoms with van der Waals surface area (Å²) in [6.07, 6.45) is 4.82. The largest absolute Gasteiger partial charge is 0.394 e. The predicted molar refractivity (Wildman–Crippen MR) is 301 cm³/mol. The molecule has 7 aliphatic rings. The van der Waals surface area contributed by atoms with Crippen LogP contribution in [0.5, 0.6) is 0 Å². The van der Waals surface area contributed by atoms with Crippen molar-refractivity contribution in [2.75, 3.05) is 54.9 Å². The molecule has 11 unspecified atom stereocenters. The molecule has 0 aromatic rings. The Bertz CT molecular complexity index is 1530. The molecule has 23 atom stereocenters. The van der Waals surface area contributed by atoms with Crippen molar-refractivity contribution in [3.05, 3.63) is 0 Å². The Hall–Kier alpha value is -1.62. The summed E-state index contributed by atoms with van der Waals surface area (Å²) in [7, 11) is 5.59. The number of carbonyl (C=O) groups excluding carboxylic acids is 2. The van der Waals surface area contributed by atoms with Crippen LogP contribution in [0.3, 0.4) is 0 Å². The Morgan fingerprint density at radius 3 is 0.976 bits per heavy atom. The summed E-state index contributed by atoms with van der Waals surface area (Å²) in [5, 5.41) is 96.5. The lowest BCUT2D eigenvalue weighted by Crippen LogP contribution is -2.63. The fourth-order valence-corrected chi connectivity index (χ4v) is 9.83. The van der Waals surface area contributed by atoms with Gasteiger partial charge in [-0.15, -0.1) is 0 Å². The number of aliphatic hydroxyl groups excluding tert-OH is 10. The Labute approximate surface area is 497 Å². The van der Waals surface area contributed by atoms with E-state index in [0.717, 1.165) is 83.2 Å². The van der Waals surface area contributed by atoms with Crippen LogP contribution >= 0.6 is 0 Å². The molecule has 7 fully saturated rings. The van der Waals surface area contributed by atoms with Gasteiger partial charge in [-0.1, -0.05) is 105 Å². The fourth-order valence-electron chi connectivity index (χ4n) is 9.83. The minimum Gasteiger partial charge on any atom is -0.394 e. The molecule has 0 aliphatic carbocycles. The first kappa shape index (κ1) is 78.5. The number of methoxy groups -OCH3 is 4. The molecule has 10 N–H and O–H groups in total. The van der Waals surface area contributed by atoms with Gasteiger partial charge in [0.05, 0.1) is 26.4 Å². The summed E-state index contributed by atoms with van der Waals surface area (Å²) in [5.41, 5.74) is 0. The van der Waals surface area contributed by atoms with Gasteiger partial charge in [0.15, 0.2) is 44.0 Å². The molecule has 0 spiro atoms. The number of hydrogen-bond donors (Lipinski definition) is 10. The van der Waals surface area contributed by atoms with E-state index in [0.29, 0.717) is 26.2 Å². The van der Waals surface area contributed by atoms with E-state index in [1.54, 1.807) is 0 Å². The van der Waals surface area contributed by atoms with Crippen molar-refractivity contribution in [1.82, 2.24) is 0 Å². The van der Waals surface area contributed by atoms with E-state index >= 15 is 0 Å². The molecule has 0 bridgehead atoms. The Morgan fingerprint density at radius 2 is 0.679 bits per heavy atom. The van der Waals surface area contributed by atoms with Crippen molar-refractivity contribution in [3.8, 4) is 0 Å². The van der Waals surface area contributed by atoms with Crippen molar-refractivity contribution >= 4 is 12.6 Å². The predicted octanol–water partition coefficient (Wildman–Crippen LogP) is 2.17. The van der Waals surface area contributed by atoms with Gasteiger partial charge in [-0.2, -0.15) is 0 Å². The first-order valence-electron chi connectivity index (χ1n) is 30.6. The lowest BCUT2D eigenvalue weighted by molar-refractivity contribution is -0.356. The fraction of sp³-hybridized carbons (Fsp3) is 0.966. The Balaban J connectivity index is 0.000000369. The molecule has 0 saturated carbocycles. The highest BCUT2D eigenvalue weighted by Gasteiger charge is 2.51. The number of hydrogen-bond acceptors (Lipinski definition) is 26. The lowest BCUT2D eigenvalue weighted by Gasteiger charge is -2.45. The summed E-state index contributed by atoms with van der Waals surface area (Å²) in [4.78, 5) is 18.7. The first-order valence-corrected chi connectivity index (χ1v) is 30.6. The summed E-state index contributed by atoms with van der Waals surface area (Å²) >= 11 is 0. The van der Waals surface area contributed by atoms with E-state index in [9.17, 15) is 55.5 Å². The normalized spacial score (nSPS) is 37.8. The second-order valence-corrected chi connectivity index (χ2v) is 21.6. The molecule has 84 heavy (non-hydrogen) atoms. The summed E-state index contributed by atoms with van der Waals surface area (Å²) in [5.74, 6) is 0. The van der Waals surface area contributed by atoms with Crippen LogP contribution in [0.15, 0.2) is 0 Å². The number of aliphatic hydroxyl groups is 10. The van der Waals surface area contributed by atoms with Gasteiger partial charge in [-0.05, 0) is 44.9 Å². The zero-order chi connectivity index (χ0) is 62.6. The van der Waals surface area contributed by atoms with E-state index in [2.05, 4.69) is 27.7 Å². The SMILES string of the molecule is CCC=O.CCCCC1OCC2O[C@H](OC)C(O)[C@@H](O)[C@@H]2O1.CCCCC1OCC2O[C@H](OC)C(O)[C@@H](O)[C@@H]2O1.CCCCC=O.CCCCCCCCCCCC1OCC2O[C@H](OC)C(O)[C@@H](O)[C@@H]2O1.CO[C@H]1OC(CO)[C@@H](O)[C@H](O)C1O. The molecule has 7 aliphatic heterocycles. The van der Waals surface area contributed by atoms with Crippen LogP contribution in [0.1, 0.15) is 163 Å². The molecule has 0 aromatic heterocycles. The minimum absolute atomic E-state index is 0.323. The lowest BCUT2D eigenvalue weighted by atomic mass is 9.98. The molecule has 0 aromatic carbocycles. The quantitative estimate of drug-likeness (QED) is 0.0462. The van der Waals surface area contributed by atoms with Gasteiger partial charge in [0.1, 0.15) is 110 Å². The van der Waals surface area contributed by atoms with Crippen LogP contribution in [-0.2, 0) is 75.9 Å². The highest BCUT2D eigenvalue weighted by atomic mass is 16.8. The highest BCUT2D eigenvalue weighted by molar-refractivity contribution is 5.49. The molecular formula is C58H110O26. The van der Waals surface area contributed by atoms with E-state index < -0.39 is 129 Å². The number of carbonyl (C=O) groups is 2. The topological polar surface area (TPSA) is 366 Å². The van der Waals surface area contributed by atoms with Gasteiger partial charge in [-0.25, -0.2) is 0 Å². The van der Waals surface area contributed by atoms with Crippen LogP contribution in [0, 0.1) is 0 Å². The van der Waals surface area contributed by atoms with E-state index in [4.69, 9.17) is 71.4 Å². The van der Waals surface area contributed by atoms with E-state index in [1.165, 1.54) is 79.8 Å². The van der Waals surface area contributed by atoms with Gasteiger partial charge >= 0.3 is 0 Å². The third kappa shape index (κ3) is 26.4. The minimum atomic E-state index is -1.36. The zero-order valence-corrected chi connectivity index (χ0v) is 51.4. The van der Waals surface area contributed by atoms with Gasteiger partial charge in [-0.3, -0.25) is 0 Å². The molecule has 0 amide bonds. The number of rotatable bonds is 25. The third-order valence-corrected chi connectivity index (χ3v) is 14.9. The van der Waals surface area contributed by atoms with Crippen LogP contribution in [0.25, 0.3) is 0 Å². The third-order valence-electron chi connectivity index (χ3n) is 14.9. The molecule has 26 heteroatoms. The van der Waals surface area contributed by atoms with Crippen LogP contribution in [-0.4, -0.2) is 260 Å². The summed E-state index contributed by atoms with van der Waals surface area (Å²) in [6.45, 7) is 10.9. The second kappa shape index (κ2) is 45.6. The van der Waals surface area contributed by atoms with Gasteiger partial charge in [0, 0.05) is 41.3 Å². The van der Waals surface area contributed by atoms with Crippen molar-refractivity contribution in [1.29, 1.82) is 0 Å². The molecule has 26 nitrogen and oxygen atoms in total. The molecule has 498 valence electrons. The van der Waals surface area contributed by atoms with Crippen LogP contribution in [0.4, 0.5) is 0 Å². The monoisotopic (exact) mass is 1220 g/mol. The average Bonchev–Trinajstić information content (AvgIpc) is 3.72. The number of fused-ring (bicyclic) bond motifs is 3. The molecule has 7 heterocycles. The molecule has 0 radical (unpaired) electrons. The highest BCUT2D eigenvalue weighted by Crippen LogP contribution is 2.33. The van der Waals surface area contributed by atoms with E-state index in [1.807, 2.05) is 6.92 Å². The number of aldehydes is 2. The number of ether oxygens (including phenoxy) is 14. The van der Waals surface area contributed by atoms with Crippen molar-refractivity contribution in [3.63, 3.8) is 0 Å². The summed E-state index contributed by atoms with van der Waals surface area (Å²) < 4.78 is 75.1. The first-order chi connectivity index (χ1) is 40.4. The maximum atomic E-state index is 10.2. The second-order valence-electron chi connectivity index (χ2n) is 21.6. The van der Waals surface area contributed by atoms with Gasteiger partial charge < -0.3 is 127 Å². The van der Waals surface area contributed by atoms with Crippen molar-refractivity contribution in [2.24, 2.45) is 0 Å². The maximum Gasteiger partial charge on any atom is 0.186 e. The number of unbranched alkanes of at least 4 members (excludes halogenated alkanes) is 12. The maximum absolute atomic E-state index is 10.2. The zero-order valence-electron chi connectivity index (χ0n) is 51.4. The molecule has 7 rings (SSSR count). The smallest absolute Gasteiger partial charge is 0.186 e. The standard InChI is InChI=1S/C19H36O6.2C12H22O6.C7H14O6.C5H10O.C3H6O/c1-3-4-5-6-7-8-9-10-11-12-15-23-13-14-18(25-15)16(20)17(21)19(22-2)24-14;2*1-3-4-5-8-16-6-7-11(18-8)9(13)10(14)12(15-2)17-7;1-12-7-6(11)5(10)4(9)3(2-8)13-7;1-2-3-4-5-6;1-2-3-4/h14-21H,3-13H2,1-2H3;2*7-14H,3-6H2,1-2H3;3-11H,2H2,1H3;5H,2-4H2,1H3;3H,2H2,1H3/t14?,15?,16-,17?,18-,19+;2*7?,8?,9-,10?,11-,12+;3?,4-,5+,6?,7+;;/m1111../s1. The van der Waals surface area contributed by atoms with Crippen molar-refractivity contribution < 1.29 is 127 Å². The molecule has 7 saturated heterocycles. The Kier molecular flexibility index (Phi) is 42.6. The Morgan fingerprint density at radius 1 is 0.369 bits per heavy atom. The van der Waals surface area contributed by atoms with Crippen LogP contribution in [0.2, 0.25) is 0 Å². The molecular weight excluding hydrogens is 1110 g/mol. The van der Waals surface area contributed by atoms with Gasteiger partial charge in [0.25, 0.3) is 0 Å². The van der Waals surface area contributed by atoms with Crippen molar-refractivity contribution in [2.45, 2.75) is 305 Å². The van der Waals surface area contributed by atoms with E-state index in [-0.39, 0.29) is 18.9 Å².